The van der Waals surface area contributed by atoms with E-state index in [9.17, 15) is 13.2 Å². The van der Waals surface area contributed by atoms with Crippen LogP contribution in [0.3, 0.4) is 0 Å². The maximum absolute atomic E-state index is 12.1. The number of nitrogens with zero attached hydrogens (tertiary/aromatic N) is 1. The van der Waals surface area contributed by atoms with Crippen molar-refractivity contribution in [2.45, 2.75) is 31.7 Å². The zero-order valence-electron chi connectivity index (χ0n) is 14.9. The molecule has 0 spiro atoms. The number of carbonyl (C=O) groups is 1. The van der Waals surface area contributed by atoms with Crippen molar-refractivity contribution < 1.29 is 17.9 Å². The number of anilines is 1. The molecule has 1 fully saturated rings. The number of hydrogen-bond donors (Lipinski definition) is 3. The molecule has 3 rings (SSSR count). The van der Waals surface area contributed by atoms with Crippen LogP contribution in [0.1, 0.15) is 36.0 Å². The molecule has 0 radical (unpaired) electrons. The van der Waals surface area contributed by atoms with E-state index in [2.05, 4.69) is 20.0 Å². The Morgan fingerprint density at radius 2 is 2.08 bits per heavy atom. The number of methoxy groups -OCH3 is 1. The highest BCUT2D eigenvalue weighted by molar-refractivity contribution is 7.89. The standard InChI is InChI=1S/C17H24N4O4S/c1-18-26(23,24)10-11-3-5-12(6-4-11)21-15-13-7-8-19-16(13)20-9-14(15)17(22)25-2/h7-9,11-12,18H,3-6,10H2,1-2H3,(H2,19,20,21). The van der Waals surface area contributed by atoms with Crippen molar-refractivity contribution >= 4 is 32.7 Å². The van der Waals surface area contributed by atoms with Gasteiger partial charge in [0.15, 0.2) is 0 Å². The van der Waals surface area contributed by atoms with Crippen LogP contribution in [0.15, 0.2) is 18.5 Å². The lowest BCUT2D eigenvalue weighted by atomic mass is 9.87. The van der Waals surface area contributed by atoms with Crippen molar-refractivity contribution in [1.82, 2.24) is 14.7 Å². The zero-order valence-corrected chi connectivity index (χ0v) is 15.7. The summed E-state index contributed by atoms with van der Waals surface area (Å²) in [6.45, 7) is 0. The first kappa shape index (κ1) is 18.7. The van der Waals surface area contributed by atoms with Crippen molar-refractivity contribution in [3.8, 4) is 0 Å². The SMILES string of the molecule is CNS(=O)(=O)CC1CCC(Nc2c(C(=O)OC)cnc3[nH]ccc23)CC1. The summed E-state index contributed by atoms with van der Waals surface area (Å²) in [5, 5.41) is 4.31. The van der Waals surface area contributed by atoms with Gasteiger partial charge in [-0.3, -0.25) is 0 Å². The third-order valence-corrected chi connectivity index (χ3v) is 6.49. The van der Waals surface area contributed by atoms with Gasteiger partial charge in [0.1, 0.15) is 11.2 Å². The van der Waals surface area contributed by atoms with Crippen LogP contribution in [0.5, 0.6) is 0 Å². The molecule has 0 aromatic carbocycles. The summed E-state index contributed by atoms with van der Waals surface area (Å²) in [6, 6.07) is 2.05. The fourth-order valence-corrected chi connectivity index (χ4v) is 4.62. The van der Waals surface area contributed by atoms with Gasteiger partial charge in [-0.2, -0.15) is 0 Å². The number of fused-ring (bicyclic) bond motifs is 1. The zero-order chi connectivity index (χ0) is 18.7. The van der Waals surface area contributed by atoms with Gasteiger partial charge in [-0.05, 0) is 44.7 Å². The number of pyridine rings is 1. The molecule has 26 heavy (non-hydrogen) atoms. The summed E-state index contributed by atoms with van der Waals surface area (Å²) in [7, 11) is -0.387. The first-order chi connectivity index (χ1) is 12.4. The third-order valence-electron chi connectivity index (χ3n) is 4.95. The molecule has 0 saturated heterocycles. The molecule has 2 aromatic heterocycles. The molecule has 0 amide bonds. The minimum atomic E-state index is -3.18. The topological polar surface area (TPSA) is 113 Å². The van der Waals surface area contributed by atoms with Gasteiger partial charge in [-0.25, -0.2) is 22.9 Å². The second-order valence-corrected chi connectivity index (χ2v) is 8.60. The minimum Gasteiger partial charge on any atom is -0.465 e. The van der Waals surface area contributed by atoms with E-state index in [1.165, 1.54) is 20.4 Å². The van der Waals surface area contributed by atoms with E-state index < -0.39 is 16.0 Å². The van der Waals surface area contributed by atoms with Crippen molar-refractivity contribution in [1.29, 1.82) is 0 Å². The lowest BCUT2D eigenvalue weighted by Gasteiger charge is -2.30. The van der Waals surface area contributed by atoms with Gasteiger partial charge in [-0.15, -0.1) is 0 Å². The largest absolute Gasteiger partial charge is 0.465 e. The van der Waals surface area contributed by atoms with Crippen LogP contribution in [0.2, 0.25) is 0 Å². The summed E-state index contributed by atoms with van der Waals surface area (Å²) in [6.07, 6.45) is 6.64. The van der Waals surface area contributed by atoms with E-state index >= 15 is 0 Å². The van der Waals surface area contributed by atoms with Gasteiger partial charge in [0.2, 0.25) is 10.0 Å². The summed E-state index contributed by atoms with van der Waals surface area (Å²) >= 11 is 0. The maximum Gasteiger partial charge on any atom is 0.341 e. The Labute approximate surface area is 152 Å². The highest BCUT2D eigenvalue weighted by atomic mass is 32.2. The van der Waals surface area contributed by atoms with Gasteiger partial charge in [0, 0.05) is 23.8 Å². The van der Waals surface area contributed by atoms with E-state index in [0.29, 0.717) is 11.2 Å². The van der Waals surface area contributed by atoms with E-state index in [1.54, 1.807) is 6.20 Å². The van der Waals surface area contributed by atoms with Gasteiger partial charge in [-0.1, -0.05) is 0 Å². The number of aromatic amines is 1. The number of hydrogen-bond acceptors (Lipinski definition) is 6. The molecule has 1 saturated carbocycles. The number of ether oxygens (including phenoxy) is 1. The average Bonchev–Trinajstić information content (AvgIpc) is 3.12. The lowest BCUT2D eigenvalue weighted by molar-refractivity contribution is 0.0601. The molecular formula is C17H24N4O4S. The Morgan fingerprint density at radius 1 is 1.35 bits per heavy atom. The smallest absolute Gasteiger partial charge is 0.341 e. The van der Waals surface area contributed by atoms with E-state index in [4.69, 9.17) is 4.74 Å². The molecule has 9 heteroatoms. The molecule has 0 aliphatic heterocycles. The molecule has 1 aliphatic rings. The van der Waals surface area contributed by atoms with Crippen LogP contribution in [0.25, 0.3) is 11.0 Å². The fraction of sp³-hybridized carbons (Fsp3) is 0.529. The monoisotopic (exact) mass is 380 g/mol. The number of sulfonamides is 1. The summed E-state index contributed by atoms with van der Waals surface area (Å²) in [5.41, 5.74) is 1.82. The fourth-order valence-electron chi connectivity index (χ4n) is 3.50. The van der Waals surface area contributed by atoms with Crippen LogP contribution in [0, 0.1) is 5.92 Å². The Morgan fingerprint density at radius 3 is 2.73 bits per heavy atom. The van der Waals surface area contributed by atoms with Crippen molar-refractivity contribution in [2.24, 2.45) is 5.92 Å². The molecule has 3 N–H and O–H groups in total. The number of aromatic nitrogens is 2. The number of carbonyl (C=O) groups excluding carboxylic acids is 1. The van der Waals surface area contributed by atoms with Crippen LogP contribution in [0.4, 0.5) is 5.69 Å². The molecule has 0 bridgehead atoms. The molecular weight excluding hydrogens is 356 g/mol. The summed E-state index contributed by atoms with van der Waals surface area (Å²) < 4.78 is 30.7. The highest BCUT2D eigenvalue weighted by Gasteiger charge is 2.26. The van der Waals surface area contributed by atoms with Gasteiger partial charge < -0.3 is 15.0 Å². The molecule has 142 valence electrons. The highest BCUT2D eigenvalue weighted by Crippen LogP contribution is 2.31. The molecule has 0 atom stereocenters. The van der Waals surface area contributed by atoms with Gasteiger partial charge in [0.05, 0.1) is 18.6 Å². The average molecular weight is 380 g/mol. The molecule has 1 aliphatic carbocycles. The van der Waals surface area contributed by atoms with E-state index in [1.807, 2.05) is 6.07 Å². The summed E-state index contributed by atoms with van der Waals surface area (Å²) in [4.78, 5) is 19.4. The number of rotatable bonds is 6. The normalized spacial score (nSPS) is 20.8. The predicted octanol–water partition coefficient (Wildman–Crippen LogP) is 1.87. The van der Waals surface area contributed by atoms with Crippen molar-refractivity contribution in [3.63, 3.8) is 0 Å². The maximum atomic E-state index is 12.1. The van der Waals surface area contributed by atoms with Crippen molar-refractivity contribution in [2.75, 3.05) is 25.2 Å². The van der Waals surface area contributed by atoms with Crippen LogP contribution in [-0.4, -0.2) is 50.3 Å². The van der Waals surface area contributed by atoms with E-state index in [-0.39, 0.29) is 17.7 Å². The van der Waals surface area contributed by atoms with Crippen LogP contribution < -0.4 is 10.0 Å². The second kappa shape index (κ2) is 7.63. The van der Waals surface area contributed by atoms with Gasteiger partial charge >= 0.3 is 5.97 Å². The second-order valence-electron chi connectivity index (χ2n) is 6.63. The first-order valence-electron chi connectivity index (χ1n) is 8.65. The Hall–Kier alpha value is -2.13. The number of nitrogens with one attached hydrogen (secondary N) is 3. The number of H-pyrrole nitrogens is 1. The van der Waals surface area contributed by atoms with E-state index in [0.717, 1.165) is 36.8 Å². The van der Waals surface area contributed by atoms with Crippen LogP contribution in [-0.2, 0) is 14.8 Å². The van der Waals surface area contributed by atoms with Crippen LogP contribution >= 0.6 is 0 Å². The molecule has 2 aromatic rings. The Balaban J connectivity index is 1.74. The third kappa shape index (κ3) is 3.99. The summed E-state index contributed by atoms with van der Waals surface area (Å²) in [5.74, 6) is -0.104. The number of esters is 1. The molecule has 2 heterocycles. The Bertz CT molecular complexity index is 885. The Kier molecular flexibility index (Phi) is 5.47. The van der Waals surface area contributed by atoms with Gasteiger partial charge in [0.25, 0.3) is 0 Å². The van der Waals surface area contributed by atoms with Crippen molar-refractivity contribution in [3.05, 3.63) is 24.0 Å². The molecule has 8 nitrogen and oxygen atoms in total. The predicted molar refractivity (Wildman–Crippen MR) is 99.6 cm³/mol. The molecule has 0 unspecified atom stereocenters. The minimum absolute atomic E-state index is 0.162. The quantitative estimate of drug-likeness (QED) is 0.660. The first-order valence-corrected chi connectivity index (χ1v) is 10.3. The lowest BCUT2D eigenvalue weighted by Crippen LogP contribution is -2.32.